The highest BCUT2D eigenvalue weighted by molar-refractivity contribution is 5.20. The van der Waals surface area contributed by atoms with Crippen LogP contribution < -0.4 is 4.74 Å². The Hall–Kier alpha value is -1.96. The quantitative estimate of drug-likeness (QED) is 0.814. The average Bonchev–Trinajstić information content (AvgIpc) is 3.07. The summed E-state index contributed by atoms with van der Waals surface area (Å²) in [6.45, 7) is 8.47. The molecule has 2 heterocycles. The van der Waals surface area contributed by atoms with Crippen LogP contribution in [0.5, 0.6) is 5.75 Å². The summed E-state index contributed by atoms with van der Waals surface area (Å²) in [6, 6.07) is 9.70. The van der Waals surface area contributed by atoms with Crippen molar-refractivity contribution in [2.24, 2.45) is 0 Å². The van der Waals surface area contributed by atoms with E-state index in [1.807, 2.05) is 37.3 Å². The first-order valence-electron chi connectivity index (χ1n) is 8.74. The maximum absolute atomic E-state index is 10.2. The van der Waals surface area contributed by atoms with E-state index >= 15 is 0 Å². The molecule has 136 valence electrons. The van der Waals surface area contributed by atoms with Gasteiger partial charge >= 0.3 is 0 Å². The van der Waals surface area contributed by atoms with Crippen molar-refractivity contribution >= 4 is 0 Å². The molecule has 7 heteroatoms. The molecular weight excluding hydrogens is 320 g/mol. The molecule has 0 unspecified atom stereocenters. The Balaban J connectivity index is 1.40. The smallest absolute Gasteiger partial charge is 0.243 e. The van der Waals surface area contributed by atoms with E-state index < -0.39 is 6.10 Å². The van der Waals surface area contributed by atoms with E-state index in [-0.39, 0.29) is 6.04 Å². The molecule has 7 nitrogen and oxygen atoms in total. The van der Waals surface area contributed by atoms with Crippen molar-refractivity contribution in [2.45, 2.75) is 26.0 Å². The van der Waals surface area contributed by atoms with Gasteiger partial charge in [-0.25, -0.2) is 0 Å². The topological polar surface area (TPSA) is 74.9 Å². The predicted octanol–water partition coefficient (Wildman–Crippen LogP) is 1.50. The van der Waals surface area contributed by atoms with Crippen LogP contribution in [0.3, 0.4) is 0 Å². The van der Waals surface area contributed by atoms with Gasteiger partial charge in [0.1, 0.15) is 18.5 Å². The summed E-state index contributed by atoms with van der Waals surface area (Å²) in [5, 5.41) is 14.1. The molecule has 1 aliphatic rings. The standard InChI is InChI=1S/C18H26N4O3/c1-14(18-19-15(2)20-25-18)22-10-8-21(9-11-22)12-16(23)13-24-17-6-4-3-5-7-17/h3-7,14,16,23H,8-13H2,1-2H3/t14-,16-/m1/s1. The van der Waals surface area contributed by atoms with Gasteiger partial charge in [0.2, 0.25) is 5.89 Å². The molecule has 0 radical (unpaired) electrons. The molecule has 1 aromatic heterocycles. The van der Waals surface area contributed by atoms with E-state index in [1.165, 1.54) is 0 Å². The molecular formula is C18H26N4O3. The first kappa shape index (κ1) is 17.8. The molecule has 0 bridgehead atoms. The van der Waals surface area contributed by atoms with Gasteiger partial charge in [-0.2, -0.15) is 4.98 Å². The number of aromatic nitrogens is 2. The Bertz CT molecular complexity index is 641. The second-order valence-corrected chi connectivity index (χ2v) is 6.47. The van der Waals surface area contributed by atoms with Crippen LogP contribution in [0.25, 0.3) is 0 Å². The van der Waals surface area contributed by atoms with Gasteiger partial charge in [0, 0.05) is 32.7 Å². The maximum Gasteiger partial charge on any atom is 0.243 e. The van der Waals surface area contributed by atoms with Crippen molar-refractivity contribution in [3.63, 3.8) is 0 Å². The largest absolute Gasteiger partial charge is 0.491 e. The Labute approximate surface area is 148 Å². The lowest BCUT2D eigenvalue weighted by Crippen LogP contribution is -2.49. The van der Waals surface area contributed by atoms with E-state index in [4.69, 9.17) is 9.26 Å². The van der Waals surface area contributed by atoms with E-state index in [9.17, 15) is 5.11 Å². The fourth-order valence-corrected chi connectivity index (χ4v) is 3.03. The molecule has 1 fully saturated rings. The van der Waals surface area contributed by atoms with Gasteiger partial charge in [-0.3, -0.25) is 9.80 Å². The molecule has 2 atom stereocenters. The third-order valence-corrected chi connectivity index (χ3v) is 4.51. The van der Waals surface area contributed by atoms with Crippen molar-refractivity contribution < 1.29 is 14.4 Å². The second-order valence-electron chi connectivity index (χ2n) is 6.47. The molecule has 25 heavy (non-hydrogen) atoms. The van der Waals surface area contributed by atoms with Crippen LogP contribution >= 0.6 is 0 Å². The molecule has 3 rings (SSSR count). The summed E-state index contributed by atoms with van der Waals surface area (Å²) in [6.07, 6.45) is -0.497. The summed E-state index contributed by atoms with van der Waals surface area (Å²) in [5.41, 5.74) is 0. The van der Waals surface area contributed by atoms with Crippen LogP contribution in [-0.2, 0) is 0 Å². The van der Waals surface area contributed by atoms with Gasteiger partial charge in [-0.05, 0) is 26.0 Å². The first-order chi connectivity index (χ1) is 12.1. The SMILES string of the molecule is Cc1noc([C@@H](C)N2CCN(C[C@@H](O)COc3ccccc3)CC2)n1. The van der Waals surface area contributed by atoms with Crippen LogP contribution in [0.1, 0.15) is 24.7 Å². The number of hydrogen-bond acceptors (Lipinski definition) is 7. The number of aryl methyl sites for hydroxylation is 1. The van der Waals surface area contributed by atoms with Gasteiger partial charge in [-0.15, -0.1) is 0 Å². The molecule has 0 saturated carbocycles. The Kier molecular flexibility index (Phi) is 6.01. The summed E-state index contributed by atoms with van der Waals surface area (Å²) in [5.74, 6) is 2.12. The lowest BCUT2D eigenvalue weighted by Gasteiger charge is -2.37. The van der Waals surface area contributed by atoms with Crippen molar-refractivity contribution in [3.8, 4) is 5.75 Å². The fraction of sp³-hybridized carbons (Fsp3) is 0.556. The molecule has 0 aliphatic carbocycles. The molecule has 1 saturated heterocycles. The van der Waals surface area contributed by atoms with Gasteiger partial charge in [0.05, 0.1) is 6.04 Å². The zero-order valence-electron chi connectivity index (χ0n) is 14.8. The molecule has 1 aliphatic heterocycles. The number of nitrogens with zero attached hydrogens (tertiary/aromatic N) is 4. The monoisotopic (exact) mass is 346 g/mol. The number of aliphatic hydroxyl groups is 1. The summed E-state index contributed by atoms with van der Waals surface area (Å²) < 4.78 is 10.9. The summed E-state index contributed by atoms with van der Waals surface area (Å²) >= 11 is 0. The molecule has 0 amide bonds. The number of benzene rings is 1. The average molecular weight is 346 g/mol. The zero-order valence-corrected chi connectivity index (χ0v) is 14.8. The van der Waals surface area contributed by atoms with Crippen LogP contribution in [0, 0.1) is 6.92 Å². The summed E-state index contributed by atoms with van der Waals surface area (Å²) in [4.78, 5) is 8.91. The van der Waals surface area contributed by atoms with Crippen molar-refractivity contribution in [1.82, 2.24) is 19.9 Å². The van der Waals surface area contributed by atoms with Gasteiger partial charge in [-0.1, -0.05) is 23.4 Å². The predicted molar refractivity (Wildman–Crippen MR) is 93.4 cm³/mol. The lowest BCUT2D eigenvalue weighted by atomic mass is 10.2. The van der Waals surface area contributed by atoms with Crippen LogP contribution in [0.4, 0.5) is 0 Å². The highest BCUT2D eigenvalue weighted by atomic mass is 16.5. The van der Waals surface area contributed by atoms with Gasteiger partial charge in [0.15, 0.2) is 5.82 Å². The van der Waals surface area contributed by atoms with Crippen molar-refractivity contribution in [1.29, 1.82) is 0 Å². The molecule has 0 spiro atoms. The Morgan fingerprint density at radius 1 is 1.20 bits per heavy atom. The Morgan fingerprint density at radius 2 is 1.92 bits per heavy atom. The number of piperazine rings is 1. The van der Waals surface area contributed by atoms with Crippen LogP contribution in [-0.4, -0.2) is 70.5 Å². The van der Waals surface area contributed by atoms with Gasteiger partial charge in [0.25, 0.3) is 0 Å². The maximum atomic E-state index is 10.2. The zero-order chi connectivity index (χ0) is 17.6. The van der Waals surface area contributed by atoms with Crippen LogP contribution in [0.15, 0.2) is 34.9 Å². The van der Waals surface area contributed by atoms with Crippen LogP contribution in [0.2, 0.25) is 0 Å². The molecule has 1 aromatic carbocycles. The molecule has 2 aromatic rings. The number of β-amino-alcohol motifs (C(OH)–C–C–N with tert-alkyl or cyclic N) is 1. The first-order valence-corrected chi connectivity index (χ1v) is 8.74. The van der Waals surface area contributed by atoms with Gasteiger partial charge < -0.3 is 14.4 Å². The number of hydrogen-bond donors (Lipinski definition) is 1. The van der Waals surface area contributed by atoms with E-state index in [0.717, 1.165) is 31.9 Å². The lowest BCUT2D eigenvalue weighted by molar-refractivity contribution is 0.0343. The summed E-state index contributed by atoms with van der Waals surface area (Å²) in [7, 11) is 0. The minimum absolute atomic E-state index is 0.120. The number of para-hydroxylation sites is 1. The van der Waals surface area contributed by atoms with Crippen molar-refractivity contribution in [3.05, 3.63) is 42.0 Å². The Morgan fingerprint density at radius 3 is 2.56 bits per heavy atom. The molecule has 1 N–H and O–H groups in total. The minimum atomic E-state index is -0.497. The second kappa shape index (κ2) is 8.42. The van der Waals surface area contributed by atoms with Crippen molar-refractivity contribution in [2.75, 3.05) is 39.3 Å². The van der Waals surface area contributed by atoms with E-state index in [2.05, 4.69) is 26.9 Å². The third kappa shape index (κ3) is 5.01. The third-order valence-electron chi connectivity index (χ3n) is 4.51. The minimum Gasteiger partial charge on any atom is -0.491 e. The normalized spacial score (nSPS) is 18.8. The highest BCUT2D eigenvalue weighted by Gasteiger charge is 2.26. The number of aliphatic hydroxyl groups excluding tert-OH is 1. The number of ether oxygens (including phenoxy) is 1. The highest BCUT2D eigenvalue weighted by Crippen LogP contribution is 2.20. The number of rotatable bonds is 7. The fourth-order valence-electron chi connectivity index (χ4n) is 3.03. The van der Waals surface area contributed by atoms with E-state index in [1.54, 1.807) is 0 Å². The van der Waals surface area contributed by atoms with E-state index in [0.29, 0.717) is 24.9 Å².